The van der Waals surface area contributed by atoms with Gasteiger partial charge in [0.15, 0.2) is 0 Å². The van der Waals surface area contributed by atoms with Gasteiger partial charge >= 0.3 is 0 Å². The maximum Gasteiger partial charge on any atom is 0.0385 e. The van der Waals surface area contributed by atoms with Gasteiger partial charge in [0.1, 0.15) is 0 Å². The molecule has 0 aromatic rings. The van der Waals surface area contributed by atoms with Gasteiger partial charge in [-0.15, -0.1) is 0 Å². The molecule has 3 nitrogen and oxygen atoms in total. The van der Waals surface area contributed by atoms with Crippen molar-refractivity contribution in [1.82, 2.24) is 10.2 Å². The SMILES string of the molecule is CCC(C)C1CN(C(C)CS(C)=O)CCCN1. The summed E-state index contributed by atoms with van der Waals surface area (Å²) in [5, 5.41) is 3.65. The lowest BCUT2D eigenvalue weighted by Crippen LogP contribution is -2.46. The quantitative estimate of drug-likeness (QED) is 0.812. The highest BCUT2D eigenvalue weighted by molar-refractivity contribution is 7.84. The number of nitrogens with zero attached hydrogens (tertiary/aromatic N) is 1. The lowest BCUT2D eigenvalue weighted by Gasteiger charge is -2.31. The summed E-state index contributed by atoms with van der Waals surface area (Å²) in [6.45, 7) is 10.1. The summed E-state index contributed by atoms with van der Waals surface area (Å²) in [6.07, 6.45) is 4.23. The summed E-state index contributed by atoms with van der Waals surface area (Å²) < 4.78 is 11.3. The fourth-order valence-corrected chi connectivity index (χ4v) is 3.38. The van der Waals surface area contributed by atoms with Gasteiger partial charge in [-0.1, -0.05) is 20.3 Å². The second kappa shape index (κ2) is 7.49. The third kappa shape index (κ3) is 5.06. The predicted molar refractivity (Wildman–Crippen MR) is 75.8 cm³/mol. The van der Waals surface area contributed by atoms with Crippen molar-refractivity contribution in [3.05, 3.63) is 0 Å². The molecule has 1 aliphatic rings. The summed E-state index contributed by atoms with van der Waals surface area (Å²) in [7, 11) is -0.689. The third-order valence-electron chi connectivity index (χ3n) is 3.89. The lowest BCUT2D eigenvalue weighted by atomic mass is 9.98. The van der Waals surface area contributed by atoms with Crippen LogP contribution in [0.2, 0.25) is 0 Å². The molecule has 102 valence electrons. The van der Waals surface area contributed by atoms with E-state index in [9.17, 15) is 4.21 Å². The Hall–Kier alpha value is 0.0700. The van der Waals surface area contributed by atoms with E-state index in [0.717, 1.165) is 31.3 Å². The van der Waals surface area contributed by atoms with E-state index in [-0.39, 0.29) is 0 Å². The van der Waals surface area contributed by atoms with E-state index in [2.05, 4.69) is 31.0 Å². The van der Waals surface area contributed by atoms with Crippen molar-refractivity contribution >= 4 is 10.8 Å². The van der Waals surface area contributed by atoms with Gasteiger partial charge in [-0.25, -0.2) is 0 Å². The minimum absolute atomic E-state index is 0.437. The highest BCUT2D eigenvalue weighted by Crippen LogP contribution is 2.14. The molecule has 0 aromatic heterocycles. The van der Waals surface area contributed by atoms with E-state index < -0.39 is 10.8 Å². The van der Waals surface area contributed by atoms with Crippen LogP contribution >= 0.6 is 0 Å². The largest absolute Gasteiger partial charge is 0.312 e. The summed E-state index contributed by atoms with van der Waals surface area (Å²) in [6, 6.07) is 1.03. The van der Waals surface area contributed by atoms with Crippen molar-refractivity contribution in [2.45, 2.75) is 45.7 Å². The highest BCUT2D eigenvalue weighted by atomic mass is 32.2. The minimum Gasteiger partial charge on any atom is -0.312 e. The van der Waals surface area contributed by atoms with Crippen LogP contribution in [0.25, 0.3) is 0 Å². The molecular formula is C13H28N2OS. The smallest absolute Gasteiger partial charge is 0.0385 e. The zero-order valence-corrected chi connectivity index (χ0v) is 12.6. The number of hydrogen-bond donors (Lipinski definition) is 1. The van der Waals surface area contributed by atoms with Gasteiger partial charge in [0.2, 0.25) is 0 Å². The van der Waals surface area contributed by atoms with Crippen LogP contribution in [0, 0.1) is 5.92 Å². The van der Waals surface area contributed by atoms with Crippen molar-refractivity contribution in [2.75, 3.05) is 31.6 Å². The van der Waals surface area contributed by atoms with Gasteiger partial charge in [-0.3, -0.25) is 9.11 Å². The number of hydrogen-bond acceptors (Lipinski definition) is 3. The fraction of sp³-hybridized carbons (Fsp3) is 1.00. The molecule has 0 saturated carbocycles. The van der Waals surface area contributed by atoms with Crippen molar-refractivity contribution in [3.8, 4) is 0 Å². The Morgan fingerprint density at radius 3 is 2.76 bits per heavy atom. The van der Waals surface area contributed by atoms with Gasteiger partial charge in [0.05, 0.1) is 0 Å². The van der Waals surface area contributed by atoms with Crippen molar-refractivity contribution in [1.29, 1.82) is 0 Å². The van der Waals surface area contributed by atoms with Crippen LogP contribution in [0.5, 0.6) is 0 Å². The molecule has 1 aliphatic heterocycles. The standard InChI is InChI=1S/C13H28N2OS/c1-5-11(2)13-9-15(8-6-7-14-13)12(3)10-17(4)16/h11-14H,5-10H2,1-4H3. The van der Waals surface area contributed by atoms with Gasteiger partial charge in [-0.05, 0) is 32.4 Å². The molecule has 17 heavy (non-hydrogen) atoms. The van der Waals surface area contributed by atoms with Gasteiger partial charge in [0, 0.05) is 41.4 Å². The fourth-order valence-electron chi connectivity index (χ4n) is 2.49. The van der Waals surface area contributed by atoms with E-state index in [1.54, 1.807) is 6.26 Å². The van der Waals surface area contributed by atoms with Crippen LogP contribution in [0.15, 0.2) is 0 Å². The summed E-state index contributed by atoms with van der Waals surface area (Å²) in [5.74, 6) is 1.52. The zero-order chi connectivity index (χ0) is 12.8. The van der Waals surface area contributed by atoms with Crippen molar-refractivity contribution < 1.29 is 4.21 Å². The van der Waals surface area contributed by atoms with Crippen molar-refractivity contribution in [3.63, 3.8) is 0 Å². The van der Waals surface area contributed by atoms with Crippen LogP contribution in [-0.4, -0.2) is 52.8 Å². The second-order valence-electron chi connectivity index (χ2n) is 5.38. The minimum atomic E-state index is -0.689. The Morgan fingerprint density at radius 1 is 1.47 bits per heavy atom. The van der Waals surface area contributed by atoms with Gasteiger partial charge in [0.25, 0.3) is 0 Å². The van der Waals surface area contributed by atoms with Gasteiger partial charge in [-0.2, -0.15) is 0 Å². The molecule has 4 unspecified atom stereocenters. The summed E-state index contributed by atoms with van der Waals surface area (Å²) >= 11 is 0. The Kier molecular flexibility index (Phi) is 6.67. The molecule has 1 heterocycles. The maximum absolute atomic E-state index is 11.3. The topological polar surface area (TPSA) is 32.3 Å². The average Bonchev–Trinajstić information content (AvgIpc) is 2.52. The Labute approximate surface area is 109 Å². The van der Waals surface area contributed by atoms with E-state index in [1.165, 1.54) is 12.8 Å². The Balaban J connectivity index is 2.56. The van der Waals surface area contributed by atoms with E-state index in [1.807, 2.05) is 0 Å². The van der Waals surface area contributed by atoms with Crippen LogP contribution in [-0.2, 0) is 10.8 Å². The molecule has 4 atom stereocenters. The number of rotatable bonds is 5. The molecule has 1 saturated heterocycles. The highest BCUT2D eigenvalue weighted by Gasteiger charge is 2.24. The van der Waals surface area contributed by atoms with Crippen LogP contribution < -0.4 is 5.32 Å². The summed E-state index contributed by atoms with van der Waals surface area (Å²) in [5.41, 5.74) is 0. The maximum atomic E-state index is 11.3. The lowest BCUT2D eigenvalue weighted by molar-refractivity contribution is 0.200. The first kappa shape index (κ1) is 15.1. The molecule has 1 N–H and O–H groups in total. The molecule has 1 fully saturated rings. The zero-order valence-electron chi connectivity index (χ0n) is 11.7. The molecule has 0 amide bonds. The van der Waals surface area contributed by atoms with Crippen LogP contribution in [0.1, 0.15) is 33.6 Å². The molecule has 0 spiro atoms. The molecular weight excluding hydrogens is 232 g/mol. The van der Waals surface area contributed by atoms with E-state index in [0.29, 0.717) is 12.1 Å². The number of nitrogens with one attached hydrogen (secondary N) is 1. The van der Waals surface area contributed by atoms with E-state index in [4.69, 9.17) is 0 Å². The Morgan fingerprint density at radius 2 is 2.18 bits per heavy atom. The average molecular weight is 260 g/mol. The molecule has 0 aliphatic carbocycles. The predicted octanol–water partition coefficient (Wildman–Crippen LogP) is 1.46. The second-order valence-corrected chi connectivity index (χ2v) is 6.86. The van der Waals surface area contributed by atoms with Crippen molar-refractivity contribution in [2.24, 2.45) is 5.92 Å². The van der Waals surface area contributed by atoms with Gasteiger partial charge < -0.3 is 5.32 Å². The van der Waals surface area contributed by atoms with Crippen LogP contribution in [0.4, 0.5) is 0 Å². The van der Waals surface area contributed by atoms with Crippen LogP contribution in [0.3, 0.4) is 0 Å². The summed E-state index contributed by atoms with van der Waals surface area (Å²) in [4.78, 5) is 2.51. The first-order chi connectivity index (χ1) is 8.04. The first-order valence-electron chi connectivity index (χ1n) is 6.82. The Bertz CT molecular complexity index is 248. The molecule has 0 radical (unpaired) electrons. The molecule has 0 bridgehead atoms. The third-order valence-corrected chi connectivity index (χ3v) is 4.84. The first-order valence-corrected chi connectivity index (χ1v) is 8.54. The molecule has 1 rings (SSSR count). The normalized spacial score (nSPS) is 28.4. The molecule has 0 aromatic carbocycles. The van der Waals surface area contributed by atoms with E-state index >= 15 is 0 Å². The molecule has 4 heteroatoms. The monoisotopic (exact) mass is 260 g/mol.